The summed E-state index contributed by atoms with van der Waals surface area (Å²) in [5, 5.41) is 10.5. The highest BCUT2D eigenvalue weighted by molar-refractivity contribution is 7.21. The molecule has 0 unspecified atom stereocenters. The average molecular weight is 496 g/mol. The van der Waals surface area contributed by atoms with Crippen LogP contribution in [0.1, 0.15) is 32.9 Å². The Bertz CT molecular complexity index is 1370. The lowest BCUT2D eigenvalue weighted by Gasteiger charge is -2.28. The van der Waals surface area contributed by atoms with Crippen molar-refractivity contribution in [3.8, 4) is 11.8 Å². The standard InChI is InChI=1S/C25H26FN5O3S/c1-12-3-4-14-23(29)24(35-25(14)30-12)19(32)6-13-5-15-20(34-11-13)7-18(16(8-27)22(15)26)31-9-17(28)21(10-31)33-2/h3-4,7,13,17,21H,5-6,9-11,28-29H2,1-2H3/t13-,17-,21-/m0/s1. The van der Waals surface area contributed by atoms with Crippen molar-refractivity contribution in [3.05, 3.63) is 45.7 Å². The van der Waals surface area contributed by atoms with Crippen LogP contribution in [0.25, 0.3) is 10.2 Å². The Labute approximate surface area is 206 Å². The molecule has 35 heavy (non-hydrogen) atoms. The first kappa shape index (κ1) is 23.5. The van der Waals surface area contributed by atoms with Crippen LogP contribution >= 0.6 is 11.3 Å². The van der Waals surface area contributed by atoms with Gasteiger partial charge in [-0.2, -0.15) is 5.26 Å². The molecule has 5 rings (SSSR count). The number of nitrogens with two attached hydrogens (primary N) is 2. The van der Waals surface area contributed by atoms with Crippen LogP contribution in [0, 0.1) is 30.0 Å². The Balaban J connectivity index is 1.38. The summed E-state index contributed by atoms with van der Waals surface area (Å²) in [6, 6.07) is 7.21. The summed E-state index contributed by atoms with van der Waals surface area (Å²) >= 11 is 1.28. The molecule has 0 aliphatic carbocycles. The lowest BCUT2D eigenvalue weighted by atomic mass is 9.90. The number of benzene rings is 1. The zero-order chi connectivity index (χ0) is 24.9. The van der Waals surface area contributed by atoms with E-state index in [0.29, 0.717) is 47.1 Å². The summed E-state index contributed by atoms with van der Waals surface area (Å²) in [7, 11) is 1.58. The summed E-state index contributed by atoms with van der Waals surface area (Å²) < 4.78 is 26.8. The summed E-state index contributed by atoms with van der Waals surface area (Å²) in [6.07, 6.45) is 0.261. The zero-order valence-electron chi connectivity index (χ0n) is 19.5. The molecule has 3 atom stereocenters. The van der Waals surface area contributed by atoms with Gasteiger partial charge >= 0.3 is 0 Å². The number of fused-ring (bicyclic) bond motifs is 2. The maximum Gasteiger partial charge on any atom is 0.175 e. The van der Waals surface area contributed by atoms with E-state index in [9.17, 15) is 10.1 Å². The number of thiophene rings is 1. The van der Waals surface area contributed by atoms with Crippen LogP contribution < -0.4 is 21.1 Å². The van der Waals surface area contributed by atoms with E-state index in [1.54, 1.807) is 13.2 Å². The van der Waals surface area contributed by atoms with Gasteiger partial charge in [-0.05, 0) is 25.5 Å². The van der Waals surface area contributed by atoms with Gasteiger partial charge in [0.2, 0.25) is 0 Å². The number of carbonyl (C=O) groups excluding carboxylic acids is 1. The predicted molar refractivity (Wildman–Crippen MR) is 133 cm³/mol. The number of nitrogens with zero attached hydrogens (tertiary/aromatic N) is 3. The molecule has 8 nitrogen and oxygen atoms in total. The molecule has 0 radical (unpaired) electrons. The largest absolute Gasteiger partial charge is 0.493 e. The number of nitrogen functional groups attached to an aromatic ring is 1. The number of halogens is 1. The minimum atomic E-state index is -0.604. The number of Topliss-reactive ketones (excluding diaryl/α,β-unsaturated/α-hetero) is 1. The molecule has 1 saturated heterocycles. The average Bonchev–Trinajstić information content (AvgIpc) is 3.38. The maximum atomic E-state index is 15.5. The Morgan fingerprint density at radius 1 is 1.43 bits per heavy atom. The first-order valence-corrected chi connectivity index (χ1v) is 12.2. The second kappa shape index (κ2) is 9.07. The van der Waals surface area contributed by atoms with Gasteiger partial charge in [-0.15, -0.1) is 11.3 Å². The molecule has 1 aromatic carbocycles. The molecule has 2 aliphatic rings. The Hall–Kier alpha value is -3.26. The number of aryl methyl sites for hydroxylation is 1. The van der Waals surface area contributed by atoms with Crippen LogP contribution in [-0.2, 0) is 11.2 Å². The van der Waals surface area contributed by atoms with E-state index in [0.717, 1.165) is 15.9 Å². The van der Waals surface area contributed by atoms with Crippen molar-refractivity contribution in [1.29, 1.82) is 5.26 Å². The number of rotatable bonds is 5. The van der Waals surface area contributed by atoms with E-state index in [1.807, 2.05) is 30.0 Å². The predicted octanol–water partition coefficient (Wildman–Crippen LogP) is 3.18. The van der Waals surface area contributed by atoms with Crippen molar-refractivity contribution < 1.29 is 18.7 Å². The molecule has 1 fully saturated rings. The second-order valence-electron chi connectivity index (χ2n) is 9.17. The fourth-order valence-corrected chi connectivity index (χ4v) is 6.00. The van der Waals surface area contributed by atoms with Gasteiger partial charge in [0.1, 0.15) is 28.0 Å². The molecule has 0 bridgehead atoms. The third-order valence-electron chi connectivity index (χ3n) is 6.80. The number of carbonyl (C=O) groups is 1. The minimum absolute atomic E-state index is 0.0431. The molecule has 0 saturated carbocycles. The third kappa shape index (κ3) is 4.10. The van der Waals surface area contributed by atoms with Gasteiger partial charge in [-0.3, -0.25) is 4.79 Å². The number of aromatic nitrogens is 1. The Morgan fingerprint density at radius 3 is 2.94 bits per heavy atom. The Morgan fingerprint density at radius 2 is 2.23 bits per heavy atom. The molecule has 182 valence electrons. The summed E-state index contributed by atoms with van der Waals surface area (Å²) in [6.45, 7) is 3.07. The van der Waals surface area contributed by atoms with E-state index < -0.39 is 5.82 Å². The number of nitriles is 1. The van der Waals surface area contributed by atoms with Crippen LogP contribution in [0.3, 0.4) is 0 Å². The highest BCUT2D eigenvalue weighted by atomic mass is 32.1. The van der Waals surface area contributed by atoms with Crippen molar-refractivity contribution >= 4 is 38.7 Å². The molecular formula is C25H26FN5O3S. The van der Waals surface area contributed by atoms with Crippen molar-refractivity contribution in [2.24, 2.45) is 11.7 Å². The van der Waals surface area contributed by atoms with Crippen molar-refractivity contribution in [3.63, 3.8) is 0 Å². The fourth-order valence-electron chi connectivity index (χ4n) is 4.91. The number of hydrogen-bond donors (Lipinski definition) is 2. The van der Waals surface area contributed by atoms with Gasteiger partial charge in [0, 0.05) is 55.2 Å². The van der Waals surface area contributed by atoms with Crippen LogP contribution in [-0.4, -0.2) is 49.7 Å². The molecule has 0 amide bonds. The first-order valence-electron chi connectivity index (χ1n) is 11.4. The quantitative estimate of drug-likeness (QED) is 0.517. The van der Waals surface area contributed by atoms with Crippen LogP contribution in [0.4, 0.5) is 15.8 Å². The van der Waals surface area contributed by atoms with E-state index in [2.05, 4.69) is 4.98 Å². The number of anilines is 2. The molecule has 3 aromatic rings. The Kier molecular flexibility index (Phi) is 6.09. The highest BCUT2D eigenvalue weighted by Crippen LogP contribution is 2.40. The topological polar surface area (TPSA) is 127 Å². The summed E-state index contributed by atoms with van der Waals surface area (Å²) in [4.78, 5) is 20.6. The summed E-state index contributed by atoms with van der Waals surface area (Å²) in [5.74, 6) is -0.558. The van der Waals surface area contributed by atoms with Gasteiger partial charge in [0.25, 0.3) is 0 Å². The van der Waals surface area contributed by atoms with E-state index >= 15 is 4.39 Å². The van der Waals surface area contributed by atoms with Crippen molar-refractivity contribution in [2.75, 3.05) is 37.4 Å². The first-order chi connectivity index (χ1) is 16.8. The molecule has 4 N–H and O–H groups in total. The normalized spacial score (nSPS) is 21.6. The van der Waals surface area contributed by atoms with Crippen LogP contribution in [0.5, 0.6) is 5.75 Å². The SMILES string of the molecule is CO[C@H]1CN(c2cc3c(c(F)c2C#N)C[C@@H](CC(=O)c2sc4nc(C)ccc4c2N)CO3)C[C@@H]1N. The van der Waals surface area contributed by atoms with Crippen LogP contribution in [0.15, 0.2) is 18.2 Å². The monoisotopic (exact) mass is 495 g/mol. The van der Waals surface area contributed by atoms with E-state index in [-0.39, 0.29) is 42.4 Å². The molecule has 10 heteroatoms. The molecule has 2 aromatic heterocycles. The van der Waals surface area contributed by atoms with Crippen molar-refractivity contribution in [1.82, 2.24) is 4.98 Å². The van der Waals surface area contributed by atoms with Crippen molar-refractivity contribution in [2.45, 2.75) is 31.9 Å². The number of ether oxygens (including phenoxy) is 2. The zero-order valence-corrected chi connectivity index (χ0v) is 20.3. The maximum absolute atomic E-state index is 15.5. The van der Waals surface area contributed by atoms with E-state index in [4.69, 9.17) is 20.9 Å². The number of methoxy groups -OCH3 is 1. The molecular weight excluding hydrogens is 469 g/mol. The van der Waals surface area contributed by atoms with Gasteiger partial charge in [0.15, 0.2) is 5.78 Å². The number of hydrogen-bond acceptors (Lipinski definition) is 9. The minimum Gasteiger partial charge on any atom is -0.493 e. The van der Waals surface area contributed by atoms with Gasteiger partial charge in [0.05, 0.1) is 35.0 Å². The summed E-state index contributed by atoms with van der Waals surface area (Å²) in [5.41, 5.74) is 14.4. The molecule has 0 spiro atoms. The number of pyridine rings is 1. The smallest absolute Gasteiger partial charge is 0.175 e. The molecule has 4 heterocycles. The second-order valence-corrected chi connectivity index (χ2v) is 10.2. The number of ketones is 1. The highest BCUT2D eigenvalue weighted by Gasteiger charge is 2.35. The van der Waals surface area contributed by atoms with Gasteiger partial charge in [-0.1, -0.05) is 0 Å². The van der Waals surface area contributed by atoms with Gasteiger partial charge in [-0.25, -0.2) is 9.37 Å². The van der Waals surface area contributed by atoms with Gasteiger partial charge < -0.3 is 25.8 Å². The third-order valence-corrected chi connectivity index (χ3v) is 7.95. The van der Waals surface area contributed by atoms with Crippen LogP contribution in [0.2, 0.25) is 0 Å². The molecule has 2 aliphatic heterocycles. The lowest BCUT2D eigenvalue weighted by Crippen LogP contribution is -2.34. The fraction of sp³-hybridized carbons (Fsp3) is 0.400. The lowest BCUT2D eigenvalue weighted by molar-refractivity contribution is 0.0938. The van der Waals surface area contributed by atoms with E-state index in [1.165, 1.54) is 11.3 Å².